The summed E-state index contributed by atoms with van der Waals surface area (Å²) in [5.74, 6) is 0.650. The first kappa shape index (κ1) is 36.7. The third-order valence-corrected chi connectivity index (χ3v) is 13.2. The molecule has 0 unspecified atom stereocenters. The lowest BCUT2D eigenvalue weighted by molar-refractivity contribution is 0.669. The van der Waals surface area contributed by atoms with Crippen LogP contribution in [-0.2, 0) is 0 Å². The average Bonchev–Trinajstić information content (AvgIpc) is 4.03. The molecule has 296 valence electrons. The Morgan fingerprint density at radius 2 is 1.10 bits per heavy atom. The first-order valence-electron chi connectivity index (χ1n) is 21.1. The van der Waals surface area contributed by atoms with E-state index < -0.39 is 0 Å². The SMILES string of the molecule is C=C/C=C\C=C\c1cc(-c2ccccc2)nc(-c2cc(-c3ccccc3)c(-n3c4ccccc4c4c5sc6c(ccc7oc8ccccc8c76)c5ccc43)c(-c3ccccc3)c2)n1. The van der Waals surface area contributed by atoms with Crippen LogP contribution in [0.25, 0.3) is 121 Å². The highest BCUT2D eigenvalue weighted by Gasteiger charge is 2.25. The molecule has 4 aromatic heterocycles. The number of hydrogen-bond acceptors (Lipinski definition) is 4. The zero-order chi connectivity index (χ0) is 41.9. The van der Waals surface area contributed by atoms with Crippen molar-refractivity contribution in [2.45, 2.75) is 0 Å². The van der Waals surface area contributed by atoms with E-state index in [1.54, 1.807) is 6.08 Å². The summed E-state index contributed by atoms with van der Waals surface area (Å²) in [7, 11) is 0. The van der Waals surface area contributed by atoms with Crippen molar-refractivity contribution in [2.24, 2.45) is 0 Å². The summed E-state index contributed by atoms with van der Waals surface area (Å²) in [6, 6.07) is 64.6. The van der Waals surface area contributed by atoms with Gasteiger partial charge in [-0.05, 0) is 65.7 Å². The summed E-state index contributed by atoms with van der Waals surface area (Å²) in [5.41, 5.74) is 13.2. The second-order valence-electron chi connectivity index (χ2n) is 15.7. The van der Waals surface area contributed by atoms with Gasteiger partial charge in [-0.15, -0.1) is 11.3 Å². The van der Waals surface area contributed by atoms with Crippen LogP contribution in [0.4, 0.5) is 0 Å². The normalized spacial score (nSPS) is 12.1. The zero-order valence-electron chi connectivity index (χ0n) is 34.1. The largest absolute Gasteiger partial charge is 0.456 e. The zero-order valence-corrected chi connectivity index (χ0v) is 34.9. The molecular weight excluding hydrogens is 787 g/mol. The fourth-order valence-corrected chi connectivity index (χ4v) is 10.6. The van der Waals surface area contributed by atoms with Crippen LogP contribution in [-0.4, -0.2) is 14.5 Å². The minimum Gasteiger partial charge on any atom is -0.456 e. The molecular formula is C58H37N3OS. The van der Waals surface area contributed by atoms with E-state index in [-0.39, 0.29) is 0 Å². The number of allylic oxidation sites excluding steroid dienone is 4. The van der Waals surface area contributed by atoms with E-state index >= 15 is 0 Å². The van der Waals surface area contributed by atoms with Crippen molar-refractivity contribution in [1.29, 1.82) is 0 Å². The number of fused-ring (bicyclic) bond motifs is 11. The molecule has 0 saturated carbocycles. The van der Waals surface area contributed by atoms with Gasteiger partial charge >= 0.3 is 0 Å². The van der Waals surface area contributed by atoms with Crippen LogP contribution in [0.3, 0.4) is 0 Å². The molecule has 8 aromatic carbocycles. The van der Waals surface area contributed by atoms with Gasteiger partial charge in [-0.3, -0.25) is 0 Å². The average molecular weight is 824 g/mol. The summed E-state index contributed by atoms with van der Waals surface area (Å²) in [6.45, 7) is 3.83. The maximum atomic E-state index is 6.37. The van der Waals surface area contributed by atoms with E-state index in [1.807, 2.05) is 59.9 Å². The van der Waals surface area contributed by atoms with Gasteiger partial charge in [0.15, 0.2) is 5.82 Å². The lowest BCUT2D eigenvalue weighted by Gasteiger charge is -2.21. The fourth-order valence-electron chi connectivity index (χ4n) is 9.21. The molecule has 0 atom stereocenters. The Labute approximate surface area is 367 Å². The highest BCUT2D eigenvalue weighted by atomic mass is 32.1. The van der Waals surface area contributed by atoms with E-state index in [9.17, 15) is 0 Å². The van der Waals surface area contributed by atoms with Crippen molar-refractivity contribution in [3.63, 3.8) is 0 Å². The van der Waals surface area contributed by atoms with E-state index in [1.165, 1.54) is 36.3 Å². The van der Waals surface area contributed by atoms with E-state index in [4.69, 9.17) is 14.4 Å². The van der Waals surface area contributed by atoms with E-state index in [0.29, 0.717) is 5.82 Å². The number of nitrogens with zero attached hydrogens (tertiary/aromatic N) is 3. The third-order valence-electron chi connectivity index (χ3n) is 12.0. The number of thiophene rings is 1. The van der Waals surface area contributed by atoms with Gasteiger partial charge in [-0.25, -0.2) is 9.97 Å². The molecule has 0 spiro atoms. The topological polar surface area (TPSA) is 43.9 Å². The molecule has 4 nitrogen and oxygen atoms in total. The first-order chi connectivity index (χ1) is 31.2. The van der Waals surface area contributed by atoms with Crippen molar-refractivity contribution >= 4 is 81.3 Å². The molecule has 63 heavy (non-hydrogen) atoms. The smallest absolute Gasteiger partial charge is 0.160 e. The third kappa shape index (κ3) is 6.12. The van der Waals surface area contributed by atoms with Gasteiger partial charge < -0.3 is 8.98 Å². The highest BCUT2D eigenvalue weighted by Crippen LogP contribution is 2.49. The van der Waals surface area contributed by atoms with Gasteiger partial charge in [0.25, 0.3) is 0 Å². The molecule has 0 N–H and O–H groups in total. The molecule has 0 aliphatic rings. The second-order valence-corrected chi connectivity index (χ2v) is 16.7. The lowest BCUT2D eigenvalue weighted by Crippen LogP contribution is -2.03. The molecule has 0 amide bonds. The summed E-state index contributed by atoms with van der Waals surface area (Å²) in [4.78, 5) is 10.5. The highest BCUT2D eigenvalue weighted by molar-refractivity contribution is 7.27. The summed E-state index contributed by atoms with van der Waals surface area (Å²) in [5, 5.41) is 7.28. The molecule has 0 aliphatic carbocycles. The predicted molar refractivity (Wildman–Crippen MR) is 267 cm³/mol. The van der Waals surface area contributed by atoms with Crippen molar-refractivity contribution in [2.75, 3.05) is 0 Å². The Balaban J connectivity index is 1.18. The van der Waals surface area contributed by atoms with Gasteiger partial charge in [0.05, 0.1) is 28.1 Å². The van der Waals surface area contributed by atoms with Gasteiger partial charge in [-0.2, -0.15) is 0 Å². The van der Waals surface area contributed by atoms with Gasteiger partial charge in [0.2, 0.25) is 0 Å². The van der Waals surface area contributed by atoms with Gasteiger partial charge in [0.1, 0.15) is 11.2 Å². The molecule has 4 heterocycles. The second kappa shape index (κ2) is 15.1. The Bertz CT molecular complexity index is 3740. The molecule has 0 radical (unpaired) electrons. The van der Waals surface area contributed by atoms with Crippen molar-refractivity contribution in [3.8, 4) is 50.6 Å². The Morgan fingerprint density at radius 1 is 0.476 bits per heavy atom. The fraction of sp³-hybridized carbons (Fsp3) is 0. The Kier molecular flexibility index (Phi) is 8.80. The summed E-state index contributed by atoms with van der Waals surface area (Å²) < 4.78 is 11.4. The minimum absolute atomic E-state index is 0.650. The van der Waals surface area contributed by atoms with Crippen LogP contribution in [0.1, 0.15) is 5.69 Å². The molecule has 0 fully saturated rings. The summed E-state index contributed by atoms with van der Waals surface area (Å²) in [6.07, 6.45) is 9.66. The van der Waals surface area contributed by atoms with Crippen molar-refractivity contribution < 1.29 is 4.42 Å². The van der Waals surface area contributed by atoms with Crippen molar-refractivity contribution in [1.82, 2.24) is 14.5 Å². The molecule has 5 heteroatoms. The number of benzene rings is 8. The molecule has 12 rings (SSSR count). The van der Waals surface area contributed by atoms with E-state index in [0.717, 1.165) is 78.0 Å². The van der Waals surface area contributed by atoms with E-state index in [2.05, 4.69) is 169 Å². The van der Waals surface area contributed by atoms with Gasteiger partial charge in [-0.1, -0.05) is 164 Å². The van der Waals surface area contributed by atoms with Crippen LogP contribution in [0, 0.1) is 0 Å². The monoisotopic (exact) mass is 823 g/mol. The number of aromatic nitrogens is 3. The Morgan fingerprint density at radius 3 is 1.81 bits per heavy atom. The molecule has 0 saturated heterocycles. The predicted octanol–water partition coefficient (Wildman–Crippen LogP) is 16.3. The number of furan rings is 1. The van der Waals surface area contributed by atoms with Crippen LogP contribution in [0.5, 0.6) is 0 Å². The molecule has 12 aromatic rings. The lowest BCUT2D eigenvalue weighted by atomic mass is 9.92. The number of hydrogen-bond donors (Lipinski definition) is 0. The minimum atomic E-state index is 0.650. The number of rotatable bonds is 8. The quantitative estimate of drug-likeness (QED) is 0.143. The number of para-hydroxylation sites is 2. The van der Waals surface area contributed by atoms with Crippen LogP contribution in [0.15, 0.2) is 217 Å². The standard InChI is InChI=1S/C58H37N3OS/c1-2-3-4-14-25-41-36-48(39-23-12-7-13-24-39)60-58(59-41)40-34-46(37-19-8-5-9-20-37)55(47(35-40)38-21-10-6-11-22-38)61-49-28-17-15-26-44(49)53-50(61)32-30-42-43-31-33-52-54(57(43)63-56(42)53)45-27-16-18-29-51(45)62-52/h2-36H,1H2/b4-3-,25-14+. The van der Waals surface area contributed by atoms with Crippen molar-refractivity contribution in [3.05, 3.63) is 219 Å². The maximum Gasteiger partial charge on any atom is 0.160 e. The first-order valence-corrected chi connectivity index (χ1v) is 21.9. The van der Waals surface area contributed by atoms with Crippen LogP contribution in [0.2, 0.25) is 0 Å². The molecule has 0 bridgehead atoms. The van der Waals surface area contributed by atoms with Crippen LogP contribution < -0.4 is 0 Å². The Hall–Kier alpha value is -8.12. The molecule has 0 aliphatic heterocycles. The van der Waals surface area contributed by atoms with Crippen LogP contribution >= 0.6 is 11.3 Å². The summed E-state index contributed by atoms with van der Waals surface area (Å²) >= 11 is 1.87. The maximum absolute atomic E-state index is 6.37. The van der Waals surface area contributed by atoms with Gasteiger partial charge in [0, 0.05) is 64.0 Å².